The normalized spacial score (nSPS) is 14.4. The van der Waals surface area contributed by atoms with E-state index in [0.29, 0.717) is 5.17 Å². The fourth-order valence-electron chi connectivity index (χ4n) is 0.455. The summed E-state index contributed by atoms with van der Waals surface area (Å²) in [6, 6.07) is 0. The van der Waals surface area contributed by atoms with Crippen LogP contribution in [-0.2, 0) is 0 Å². The zero-order chi connectivity index (χ0) is 11.4. The SMILES string of the molecule is C=C(C(I)=NC(=NC)SC)C(F)(F)F. The maximum atomic E-state index is 12.1. The molecule has 0 radical (unpaired) electrons. The van der Waals surface area contributed by atoms with Gasteiger partial charge in [-0.05, 0) is 28.8 Å². The Bertz CT molecular complexity index is 283. The summed E-state index contributed by atoms with van der Waals surface area (Å²) in [6.07, 6.45) is -2.75. The number of allylic oxidation sites excluding steroid dienone is 1. The minimum Gasteiger partial charge on any atom is -0.264 e. The summed E-state index contributed by atoms with van der Waals surface area (Å²) >= 11 is 2.67. The van der Waals surface area contributed by atoms with Crippen LogP contribution in [-0.4, -0.2) is 28.4 Å². The molecular weight excluding hydrogens is 328 g/mol. The van der Waals surface area contributed by atoms with Crippen LogP contribution in [0.4, 0.5) is 13.2 Å². The monoisotopic (exact) mass is 336 g/mol. The van der Waals surface area contributed by atoms with E-state index >= 15 is 0 Å². The van der Waals surface area contributed by atoms with Gasteiger partial charge in [-0.15, -0.1) is 0 Å². The Kier molecular flexibility index (Phi) is 5.72. The van der Waals surface area contributed by atoms with Crippen LogP contribution in [0.25, 0.3) is 0 Å². The van der Waals surface area contributed by atoms with E-state index in [1.54, 1.807) is 6.26 Å². The van der Waals surface area contributed by atoms with Crippen molar-refractivity contribution in [1.29, 1.82) is 0 Å². The summed E-state index contributed by atoms with van der Waals surface area (Å²) in [5.41, 5.74) is -0.951. The van der Waals surface area contributed by atoms with Crippen LogP contribution in [0, 0.1) is 0 Å². The molecule has 0 rings (SSSR count). The lowest BCUT2D eigenvalue weighted by molar-refractivity contribution is -0.0853. The average Bonchev–Trinajstić information content (AvgIpc) is 2.11. The van der Waals surface area contributed by atoms with Crippen LogP contribution < -0.4 is 0 Å². The van der Waals surface area contributed by atoms with Crippen LogP contribution in [0.2, 0.25) is 0 Å². The zero-order valence-electron chi connectivity index (χ0n) is 7.52. The molecular formula is C7H8F3IN2S. The van der Waals surface area contributed by atoms with Crippen molar-refractivity contribution in [2.24, 2.45) is 9.98 Å². The van der Waals surface area contributed by atoms with Gasteiger partial charge in [-0.1, -0.05) is 18.3 Å². The maximum Gasteiger partial charge on any atom is 0.418 e. The third-order valence-corrected chi connectivity index (χ3v) is 2.69. The number of hydrogen-bond donors (Lipinski definition) is 0. The molecule has 0 heterocycles. The Labute approximate surface area is 97.9 Å². The number of alkyl halides is 3. The first-order chi connectivity index (χ1) is 6.32. The predicted octanol–water partition coefficient (Wildman–Crippen LogP) is 3.29. The molecule has 0 N–H and O–H groups in total. The van der Waals surface area contributed by atoms with Gasteiger partial charge in [0.25, 0.3) is 0 Å². The molecule has 0 aliphatic heterocycles. The van der Waals surface area contributed by atoms with Gasteiger partial charge in [0.05, 0.1) is 5.57 Å². The number of rotatable bonds is 1. The molecule has 7 heteroatoms. The van der Waals surface area contributed by atoms with Crippen LogP contribution in [0.3, 0.4) is 0 Å². The minimum atomic E-state index is -4.43. The molecule has 0 saturated heterocycles. The van der Waals surface area contributed by atoms with Crippen molar-refractivity contribution in [1.82, 2.24) is 0 Å². The highest BCUT2D eigenvalue weighted by Crippen LogP contribution is 2.27. The maximum absolute atomic E-state index is 12.1. The first kappa shape index (κ1) is 13.9. The second-order valence-corrected chi connectivity index (χ2v) is 3.88. The van der Waals surface area contributed by atoms with Gasteiger partial charge in [-0.3, -0.25) is 4.99 Å². The van der Waals surface area contributed by atoms with Gasteiger partial charge < -0.3 is 0 Å². The number of halogens is 4. The minimum absolute atomic E-state index is 0.190. The summed E-state index contributed by atoms with van der Waals surface area (Å²) < 4.78 is 36.2. The van der Waals surface area contributed by atoms with Crippen molar-refractivity contribution in [2.75, 3.05) is 13.3 Å². The Balaban J connectivity index is 4.79. The molecule has 0 atom stereocenters. The van der Waals surface area contributed by atoms with Gasteiger partial charge >= 0.3 is 6.18 Å². The molecule has 0 bridgehead atoms. The fourth-order valence-corrected chi connectivity index (χ4v) is 1.52. The summed E-state index contributed by atoms with van der Waals surface area (Å²) in [4.78, 5) is 7.37. The van der Waals surface area contributed by atoms with Gasteiger partial charge in [0.1, 0.15) is 3.72 Å². The standard InChI is InChI=1S/C7H8F3IN2S/c1-4(7(8,9)10)5(11)13-6(12-2)14-3/h1H2,2-3H3. The van der Waals surface area contributed by atoms with E-state index in [0.717, 1.165) is 0 Å². The van der Waals surface area contributed by atoms with Crippen molar-refractivity contribution < 1.29 is 13.2 Å². The molecule has 0 spiro atoms. The second kappa shape index (κ2) is 5.74. The highest BCUT2D eigenvalue weighted by atomic mass is 127. The van der Waals surface area contributed by atoms with E-state index in [1.807, 2.05) is 0 Å². The highest BCUT2D eigenvalue weighted by molar-refractivity contribution is 14.1. The van der Waals surface area contributed by atoms with Gasteiger partial charge in [-0.2, -0.15) is 13.2 Å². The lowest BCUT2D eigenvalue weighted by atomic mass is 10.3. The third-order valence-electron chi connectivity index (χ3n) is 1.16. The topological polar surface area (TPSA) is 24.7 Å². The molecule has 0 aromatic rings. The van der Waals surface area contributed by atoms with E-state index in [2.05, 4.69) is 16.6 Å². The van der Waals surface area contributed by atoms with Crippen LogP contribution in [0.5, 0.6) is 0 Å². The summed E-state index contributed by atoms with van der Waals surface area (Å²) in [5.74, 6) is 0. The Morgan fingerprint density at radius 1 is 1.43 bits per heavy atom. The molecule has 0 unspecified atom stereocenters. The molecule has 14 heavy (non-hydrogen) atoms. The van der Waals surface area contributed by atoms with E-state index in [1.165, 1.54) is 41.4 Å². The molecule has 0 aromatic carbocycles. The van der Waals surface area contributed by atoms with Crippen molar-refractivity contribution in [3.8, 4) is 0 Å². The summed E-state index contributed by atoms with van der Waals surface area (Å²) in [6.45, 7) is 2.92. The average molecular weight is 336 g/mol. The van der Waals surface area contributed by atoms with Gasteiger partial charge in [0, 0.05) is 7.05 Å². The van der Waals surface area contributed by atoms with Crippen molar-refractivity contribution in [2.45, 2.75) is 6.18 Å². The van der Waals surface area contributed by atoms with E-state index < -0.39 is 11.7 Å². The second-order valence-electron chi connectivity index (χ2n) is 2.09. The Morgan fingerprint density at radius 2 is 1.93 bits per heavy atom. The number of nitrogens with zero attached hydrogens (tertiary/aromatic N) is 2. The third kappa shape index (κ3) is 4.45. The number of aliphatic imine (C=N–C) groups is 2. The van der Waals surface area contributed by atoms with E-state index in [9.17, 15) is 13.2 Å². The smallest absolute Gasteiger partial charge is 0.264 e. The predicted molar refractivity (Wildman–Crippen MR) is 63.5 cm³/mol. The van der Waals surface area contributed by atoms with Crippen LogP contribution in [0.1, 0.15) is 0 Å². The first-order valence-corrected chi connectivity index (χ1v) is 5.64. The number of amidine groups is 1. The Hall–Kier alpha value is -0.0500. The van der Waals surface area contributed by atoms with E-state index in [-0.39, 0.29) is 3.72 Å². The summed E-state index contributed by atoms with van der Waals surface area (Å²) in [5, 5.41) is 0.291. The summed E-state index contributed by atoms with van der Waals surface area (Å²) in [7, 11) is 1.47. The molecule has 0 aliphatic rings. The van der Waals surface area contributed by atoms with Crippen LogP contribution >= 0.6 is 34.4 Å². The molecule has 0 aromatic heterocycles. The lowest BCUT2D eigenvalue weighted by Gasteiger charge is -2.07. The van der Waals surface area contributed by atoms with Gasteiger partial charge in [0.15, 0.2) is 5.17 Å². The molecule has 0 saturated carbocycles. The lowest BCUT2D eigenvalue weighted by Crippen LogP contribution is -2.16. The van der Waals surface area contributed by atoms with E-state index in [4.69, 9.17) is 0 Å². The zero-order valence-corrected chi connectivity index (χ0v) is 10.5. The fraction of sp³-hybridized carbons (Fsp3) is 0.429. The quantitative estimate of drug-likeness (QED) is 0.410. The largest absolute Gasteiger partial charge is 0.418 e. The van der Waals surface area contributed by atoms with Gasteiger partial charge in [-0.25, -0.2) is 4.99 Å². The first-order valence-electron chi connectivity index (χ1n) is 3.34. The van der Waals surface area contributed by atoms with Gasteiger partial charge in [0.2, 0.25) is 0 Å². The Morgan fingerprint density at radius 3 is 2.21 bits per heavy atom. The number of thioether (sulfide) groups is 1. The molecule has 0 amide bonds. The number of hydrogen-bond acceptors (Lipinski definition) is 2. The molecule has 0 fully saturated rings. The molecule has 80 valence electrons. The molecule has 0 aliphatic carbocycles. The van der Waals surface area contributed by atoms with Crippen molar-refractivity contribution in [3.63, 3.8) is 0 Å². The highest BCUT2D eigenvalue weighted by Gasteiger charge is 2.34. The van der Waals surface area contributed by atoms with Crippen molar-refractivity contribution in [3.05, 3.63) is 12.2 Å². The molecule has 2 nitrogen and oxygen atoms in total. The van der Waals surface area contributed by atoms with Crippen LogP contribution in [0.15, 0.2) is 22.1 Å². The van der Waals surface area contributed by atoms with Crippen molar-refractivity contribution >= 4 is 43.2 Å².